The van der Waals surface area contributed by atoms with Gasteiger partial charge < -0.3 is 9.73 Å². The number of nitrogens with one attached hydrogen (secondary N) is 1. The van der Waals surface area contributed by atoms with E-state index in [4.69, 9.17) is 4.42 Å². The normalized spacial score (nSPS) is 12.4. The summed E-state index contributed by atoms with van der Waals surface area (Å²) in [6.07, 6.45) is 4.05. The first-order chi connectivity index (χ1) is 7.47. The molecule has 0 aliphatic heterocycles. The molecule has 0 unspecified atom stereocenters. The third kappa shape index (κ3) is 3.63. The summed E-state index contributed by atoms with van der Waals surface area (Å²) in [6.45, 7) is 11.5. The summed E-state index contributed by atoms with van der Waals surface area (Å²) in [5, 5.41) is 3.44. The van der Waals surface area contributed by atoms with E-state index in [1.807, 2.05) is 0 Å². The van der Waals surface area contributed by atoms with Gasteiger partial charge in [0.25, 0.3) is 0 Å². The van der Waals surface area contributed by atoms with Crippen molar-refractivity contribution in [3.05, 3.63) is 17.8 Å². The second-order valence-electron chi connectivity index (χ2n) is 5.27. The van der Waals surface area contributed by atoms with Crippen LogP contribution in [-0.4, -0.2) is 11.0 Å². The highest BCUT2D eigenvalue weighted by atomic mass is 16.3. The Balaban J connectivity index is 2.53. The first-order valence-electron chi connectivity index (χ1n) is 6.15. The van der Waals surface area contributed by atoms with E-state index in [9.17, 15) is 0 Å². The molecule has 0 amide bonds. The van der Waals surface area contributed by atoms with Crippen molar-refractivity contribution in [2.75, 3.05) is 0 Å². The molecule has 1 N–H and O–H groups in total. The van der Waals surface area contributed by atoms with Crippen LogP contribution in [0.4, 0.5) is 0 Å². The van der Waals surface area contributed by atoms with Gasteiger partial charge in [0, 0.05) is 11.5 Å². The van der Waals surface area contributed by atoms with Crippen LogP contribution in [0.15, 0.2) is 10.7 Å². The maximum absolute atomic E-state index is 5.46. The second kappa shape index (κ2) is 5.48. The fourth-order valence-corrected chi connectivity index (χ4v) is 1.55. The molecule has 0 atom stereocenters. The second-order valence-corrected chi connectivity index (χ2v) is 5.27. The summed E-state index contributed by atoms with van der Waals surface area (Å²) in [5.41, 5.74) is 1.09. The fourth-order valence-electron chi connectivity index (χ4n) is 1.55. The number of hydrogen-bond acceptors (Lipinski definition) is 3. The Hall–Kier alpha value is -0.830. The average molecular weight is 224 g/mol. The van der Waals surface area contributed by atoms with Gasteiger partial charge in [-0.2, -0.15) is 0 Å². The molecule has 0 aromatic carbocycles. The van der Waals surface area contributed by atoms with E-state index < -0.39 is 0 Å². The SMILES string of the molecule is CCC(CC)NCc1nc(C(C)(C)C)co1. The lowest BCUT2D eigenvalue weighted by Gasteiger charge is -2.14. The topological polar surface area (TPSA) is 38.1 Å². The van der Waals surface area contributed by atoms with Gasteiger partial charge in [-0.15, -0.1) is 0 Å². The van der Waals surface area contributed by atoms with Crippen molar-refractivity contribution in [3.8, 4) is 0 Å². The Morgan fingerprint density at radius 1 is 1.31 bits per heavy atom. The molecule has 0 bridgehead atoms. The van der Waals surface area contributed by atoms with Crippen molar-refractivity contribution < 1.29 is 4.42 Å². The summed E-state index contributed by atoms with van der Waals surface area (Å²) in [6, 6.07) is 0.560. The van der Waals surface area contributed by atoms with E-state index in [-0.39, 0.29) is 5.41 Å². The van der Waals surface area contributed by atoms with E-state index in [0.717, 1.165) is 31.0 Å². The molecule has 92 valence electrons. The minimum absolute atomic E-state index is 0.0661. The van der Waals surface area contributed by atoms with Crippen LogP contribution in [0.25, 0.3) is 0 Å². The van der Waals surface area contributed by atoms with Crippen LogP contribution in [0.1, 0.15) is 59.0 Å². The number of rotatable bonds is 5. The highest BCUT2D eigenvalue weighted by molar-refractivity contribution is 5.08. The van der Waals surface area contributed by atoms with Gasteiger partial charge in [-0.1, -0.05) is 34.6 Å². The Morgan fingerprint density at radius 3 is 2.38 bits per heavy atom. The predicted octanol–water partition coefficient (Wildman–Crippen LogP) is 3.25. The highest BCUT2D eigenvalue weighted by Gasteiger charge is 2.18. The van der Waals surface area contributed by atoms with E-state index in [1.54, 1.807) is 6.26 Å². The highest BCUT2D eigenvalue weighted by Crippen LogP contribution is 2.20. The molecule has 1 rings (SSSR count). The molecule has 3 heteroatoms. The molecular weight excluding hydrogens is 200 g/mol. The van der Waals surface area contributed by atoms with Gasteiger partial charge in [-0.05, 0) is 12.8 Å². The van der Waals surface area contributed by atoms with Crippen LogP contribution in [0.5, 0.6) is 0 Å². The van der Waals surface area contributed by atoms with Crippen LogP contribution in [-0.2, 0) is 12.0 Å². The standard InChI is InChI=1S/C13H24N2O/c1-6-10(7-2)14-8-12-15-11(9-16-12)13(3,4)5/h9-10,14H,6-8H2,1-5H3. The first-order valence-corrected chi connectivity index (χ1v) is 6.15. The number of hydrogen-bond donors (Lipinski definition) is 1. The Morgan fingerprint density at radius 2 is 1.94 bits per heavy atom. The summed E-state index contributed by atoms with van der Waals surface area (Å²) in [7, 11) is 0. The van der Waals surface area contributed by atoms with Gasteiger partial charge in [0.15, 0.2) is 0 Å². The van der Waals surface area contributed by atoms with E-state index >= 15 is 0 Å². The zero-order valence-electron chi connectivity index (χ0n) is 11.1. The van der Waals surface area contributed by atoms with Gasteiger partial charge in [-0.3, -0.25) is 0 Å². The smallest absolute Gasteiger partial charge is 0.208 e. The average Bonchev–Trinajstić information content (AvgIpc) is 2.67. The zero-order chi connectivity index (χ0) is 12.2. The molecule has 0 saturated heterocycles. The molecule has 0 aliphatic rings. The van der Waals surface area contributed by atoms with Crippen molar-refractivity contribution in [2.45, 2.75) is 65.5 Å². The van der Waals surface area contributed by atoms with Crippen LogP contribution >= 0.6 is 0 Å². The van der Waals surface area contributed by atoms with Gasteiger partial charge in [-0.25, -0.2) is 4.98 Å². The van der Waals surface area contributed by atoms with Crippen molar-refractivity contribution in [2.24, 2.45) is 0 Å². The predicted molar refractivity (Wildman–Crippen MR) is 66.4 cm³/mol. The quantitative estimate of drug-likeness (QED) is 0.834. The summed E-state index contributed by atoms with van der Waals surface area (Å²) in [4.78, 5) is 4.49. The lowest BCUT2D eigenvalue weighted by molar-refractivity contribution is 0.419. The first kappa shape index (κ1) is 13.2. The Labute approximate surface area is 98.6 Å². The molecule has 0 spiro atoms. The van der Waals surface area contributed by atoms with Gasteiger partial charge in [0.1, 0.15) is 6.26 Å². The van der Waals surface area contributed by atoms with E-state index in [1.165, 1.54) is 0 Å². The number of oxazole rings is 1. The van der Waals surface area contributed by atoms with Crippen molar-refractivity contribution in [1.29, 1.82) is 0 Å². The van der Waals surface area contributed by atoms with Crippen LogP contribution in [0, 0.1) is 0 Å². The van der Waals surface area contributed by atoms with E-state index in [0.29, 0.717) is 6.04 Å². The summed E-state index contributed by atoms with van der Waals surface area (Å²) in [5.74, 6) is 0.789. The lowest BCUT2D eigenvalue weighted by Crippen LogP contribution is -2.27. The third-order valence-corrected chi connectivity index (χ3v) is 2.85. The van der Waals surface area contributed by atoms with Gasteiger partial charge >= 0.3 is 0 Å². The monoisotopic (exact) mass is 224 g/mol. The molecule has 0 fully saturated rings. The molecule has 0 saturated carbocycles. The maximum Gasteiger partial charge on any atom is 0.208 e. The molecule has 1 aromatic rings. The molecule has 0 aliphatic carbocycles. The molecule has 1 aromatic heterocycles. The Bertz CT molecular complexity index is 308. The van der Waals surface area contributed by atoms with Crippen LogP contribution in [0.2, 0.25) is 0 Å². The third-order valence-electron chi connectivity index (χ3n) is 2.85. The largest absolute Gasteiger partial charge is 0.447 e. The van der Waals surface area contributed by atoms with Gasteiger partial charge in [0.05, 0.1) is 12.2 Å². The minimum Gasteiger partial charge on any atom is -0.447 e. The summed E-state index contributed by atoms with van der Waals surface area (Å²) < 4.78 is 5.46. The lowest BCUT2D eigenvalue weighted by atomic mass is 9.93. The number of nitrogens with zero attached hydrogens (tertiary/aromatic N) is 1. The maximum atomic E-state index is 5.46. The molecule has 1 heterocycles. The van der Waals surface area contributed by atoms with Crippen molar-refractivity contribution in [3.63, 3.8) is 0 Å². The van der Waals surface area contributed by atoms with E-state index in [2.05, 4.69) is 44.9 Å². The zero-order valence-corrected chi connectivity index (χ0v) is 11.1. The van der Waals surface area contributed by atoms with Crippen molar-refractivity contribution >= 4 is 0 Å². The number of aromatic nitrogens is 1. The Kier molecular flexibility index (Phi) is 4.54. The summed E-state index contributed by atoms with van der Waals surface area (Å²) >= 11 is 0. The molecular formula is C13H24N2O. The van der Waals surface area contributed by atoms with Crippen molar-refractivity contribution in [1.82, 2.24) is 10.3 Å². The molecule has 3 nitrogen and oxygen atoms in total. The molecule has 0 radical (unpaired) electrons. The van der Waals surface area contributed by atoms with Crippen LogP contribution < -0.4 is 5.32 Å². The van der Waals surface area contributed by atoms with Crippen LogP contribution in [0.3, 0.4) is 0 Å². The van der Waals surface area contributed by atoms with Gasteiger partial charge in [0.2, 0.25) is 5.89 Å². The fraction of sp³-hybridized carbons (Fsp3) is 0.769. The molecule has 16 heavy (non-hydrogen) atoms. The minimum atomic E-state index is 0.0661.